The molecule has 252 valence electrons. The normalized spacial score (nSPS) is 39.2. The van der Waals surface area contributed by atoms with Gasteiger partial charge in [-0.05, 0) is 162 Å². The van der Waals surface area contributed by atoms with Crippen molar-refractivity contribution in [1.82, 2.24) is 10.6 Å². The molecule has 11 atom stereocenters. The minimum atomic E-state index is -4.45. The van der Waals surface area contributed by atoms with Gasteiger partial charge in [0.05, 0.1) is 12.2 Å². The van der Waals surface area contributed by atoms with Crippen molar-refractivity contribution in [3.05, 3.63) is 0 Å². The van der Waals surface area contributed by atoms with Gasteiger partial charge in [-0.3, -0.25) is 4.55 Å². The van der Waals surface area contributed by atoms with Gasteiger partial charge in [-0.25, -0.2) is 4.18 Å². The number of aliphatic hydroxyl groups is 1. The van der Waals surface area contributed by atoms with Gasteiger partial charge in [0.1, 0.15) is 0 Å². The van der Waals surface area contributed by atoms with E-state index in [4.69, 9.17) is 9.92 Å². The molecule has 0 saturated heterocycles. The van der Waals surface area contributed by atoms with Gasteiger partial charge in [0.15, 0.2) is 0 Å². The number of nitrogens with two attached hydrogens (primary N) is 1. The van der Waals surface area contributed by atoms with E-state index in [9.17, 15) is 18.1 Å². The number of hydrogen-bond donors (Lipinski definition) is 5. The number of unbranched alkanes of at least 4 members (excludes halogenated alkanes) is 1. The Morgan fingerprint density at radius 1 is 0.907 bits per heavy atom. The van der Waals surface area contributed by atoms with Crippen LogP contribution < -0.4 is 16.4 Å². The average Bonchev–Trinajstić information content (AvgIpc) is 3.29. The lowest BCUT2D eigenvalue weighted by atomic mass is 9.43. The van der Waals surface area contributed by atoms with Gasteiger partial charge in [-0.2, -0.15) is 8.42 Å². The quantitative estimate of drug-likeness (QED) is 0.111. The first kappa shape index (κ1) is 35.6. The first-order valence-electron chi connectivity index (χ1n) is 17.8. The van der Waals surface area contributed by atoms with Crippen LogP contribution in [-0.4, -0.2) is 62.5 Å². The van der Waals surface area contributed by atoms with Gasteiger partial charge in [0.25, 0.3) is 0 Å². The van der Waals surface area contributed by atoms with Gasteiger partial charge in [0, 0.05) is 6.04 Å². The summed E-state index contributed by atoms with van der Waals surface area (Å²) in [5.74, 6) is 3.21. The second-order valence-electron chi connectivity index (χ2n) is 15.9. The summed E-state index contributed by atoms with van der Waals surface area (Å²) in [5.41, 5.74) is 6.13. The Morgan fingerprint density at radius 2 is 1.60 bits per heavy atom. The van der Waals surface area contributed by atoms with Crippen molar-refractivity contribution < 1.29 is 22.3 Å². The van der Waals surface area contributed by atoms with Gasteiger partial charge in [-0.1, -0.05) is 34.6 Å². The molecule has 43 heavy (non-hydrogen) atoms. The molecule has 0 heterocycles. The molecule has 6 N–H and O–H groups in total. The van der Waals surface area contributed by atoms with Gasteiger partial charge >= 0.3 is 10.4 Å². The number of aliphatic hydroxyl groups excluding tert-OH is 1. The summed E-state index contributed by atoms with van der Waals surface area (Å²) in [4.78, 5) is 0. The summed E-state index contributed by atoms with van der Waals surface area (Å²) in [6.45, 7) is 15.3. The minimum Gasteiger partial charge on any atom is -0.393 e. The molecule has 4 fully saturated rings. The fourth-order valence-corrected chi connectivity index (χ4v) is 11.3. The Morgan fingerprint density at radius 3 is 2.30 bits per heavy atom. The molecule has 4 rings (SSSR count). The molecule has 4 saturated carbocycles. The molecule has 0 aliphatic heterocycles. The fraction of sp³-hybridized carbons (Fsp3) is 1.00. The largest absolute Gasteiger partial charge is 0.397 e. The summed E-state index contributed by atoms with van der Waals surface area (Å²) < 4.78 is 37.1. The molecule has 0 aromatic heterocycles. The zero-order valence-electron chi connectivity index (χ0n) is 27.9. The van der Waals surface area contributed by atoms with Crippen LogP contribution in [0.2, 0.25) is 0 Å². The van der Waals surface area contributed by atoms with E-state index in [1.54, 1.807) is 0 Å². The maximum absolute atomic E-state index is 11.8. The van der Waals surface area contributed by atoms with Crippen molar-refractivity contribution in [2.45, 2.75) is 136 Å². The molecule has 0 aromatic rings. The highest BCUT2D eigenvalue weighted by atomic mass is 32.3. The predicted molar refractivity (Wildman–Crippen MR) is 174 cm³/mol. The third-order valence-corrected chi connectivity index (χ3v) is 13.6. The molecular weight excluding hydrogens is 562 g/mol. The van der Waals surface area contributed by atoms with Crippen LogP contribution in [0.3, 0.4) is 0 Å². The summed E-state index contributed by atoms with van der Waals surface area (Å²) in [6.07, 6.45) is 13.7. The highest BCUT2D eigenvalue weighted by molar-refractivity contribution is 7.80. The predicted octanol–water partition coefficient (Wildman–Crippen LogP) is 5.55. The molecule has 0 amide bonds. The van der Waals surface area contributed by atoms with E-state index in [-0.39, 0.29) is 17.4 Å². The van der Waals surface area contributed by atoms with Crippen molar-refractivity contribution in [3.8, 4) is 0 Å². The second kappa shape index (κ2) is 15.1. The van der Waals surface area contributed by atoms with E-state index in [0.29, 0.717) is 53.4 Å². The molecule has 0 aromatic carbocycles. The summed E-state index contributed by atoms with van der Waals surface area (Å²) >= 11 is 0. The van der Waals surface area contributed by atoms with E-state index < -0.39 is 16.5 Å². The average molecular weight is 628 g/mol. The first-order valence-corrected chi connectivity index (χ1v) is 19.1. The van der Waals surface area contributed by atoms with E-state index in [0.717, 1.165) is 58.3 Å². The van der Waals surface area contributed by atoms with Crippen LogP contribution in [0.5, 0.6) is 0 Å². The number of nitrogens with one attached hydrogen (secondary N) is 2. The first-order chi connectivity index (χ1) is 20.3. The zero-order valence-corrected chi connectivity index (χ0v) is 28.7. The van der Waals surface area contributed by atoms with Crippen molar-refractivity contribution in [2.75, 3.05) is 26.2 Å². The SMILES string of the molecule is CC(C)C(CC[C@@H](C)C1CCC2C3C(O)C[C@H]4C[C@@H](NCCCNCCCCN)CC[C@]4(C)C3CC[C@@]21C)OS(=O)(=O)O. The Bertz CT molecular complexity index is 981. The van der Waals surface area contributed by atoms with E-state index in [2.05, 4.69) is 31.4 Å². The second-order valence-corrected chi connectivity index (χ2v) is 17.0. The molecule has 0 radical (unpaired) electrons. The highest BCUT2D eigenvalue weighted by Gasteiger charge is 2.62. The Kier molecular flexibility index (Phi) is 12.5. The fourth-order valence-electron chi connectivity index (χ4n) is 10.7. The van der Waals surface area contributed by atoms with Crippen LogP contribution in [0.25, 0.3) is 0 Å². The van der Waals surface area contributed by atoms with E-state index in [1.807, 2.05) is 13.8 Å². The zero-order chi connectivity index (χ0) is 31.4. The molecule has 0 bridgehead atoms. The molecule has 8 nitrogen and oxygen atoms in total. The molecule has 6 unspecified atom stereocenters. The highest BCUT2D eigenvalue weighted by Crippen LogP contribution is 2.68. The molecule has 9 heteroatoms. The minimum absolute atomic E-state index is 0.0152. The van der Waals surface area contributed by atoms with Crippen molar-refractivity contribution in [3.63, 3.8) is 0 Å². The topological polar surface area (TPSA) is 134 Å². The van der Waals surface area contributed by atoms with Gasteiger partial charge in [-0.15, -0.1) is 0 Å². The van der Waals surface area contributed by atoms with Crippen LogP contribution in [0, 0.1) is 52.3 Å². The number of rotatable bonds is 16. The molecule has 4 aliphatic rings. The van der Waals surface area contributed by atoms with Crippen molar-refractivity contribution in [1.29, 1.82) is 0 Å². The van der Waals surface area contributed by atoms with Crippen LogP contribution >= 0.6 is 0 Å². The van der Waals surface area contributed by atoms with Gasteiger partial charge in [0.2, 0.25) is 0 Å². The molecule has 4 aliphatic carbocycles. The summed E-state index contributed by atoms with van der Waals surface area (Å²) in [6, 6.07) is 0.573. The van der Waals surface area contributed by atoms with E-state index in [1.165, 1.54) is 44.9 Å². The Hall–Kier alpha value is -0.290. The van der Waals surface area contributed by atoms with Crippen LogP contribution in [0.15, 0.2) is 0 Å². The molecule has 0 spiro atoms. The Labute approximate surface area is 263 Å². The van der Waals surface area contributed by atoms with Gasteiger partial charge < -0.3 is 21.5 Å². The third kappa shape index (κ3) is 8.36. The lowest BCUT2D eigenvalue weighted by Crippen LogP contribution is -2.59. The standard InChI is InChI=1S/C34H65N3O5S/c1-23(2)31(42-43(39,40)41)12-9-24(3)27-10-11-28-32-29(14-16-34(27,28)5)33(4)15-13-26(21-25(33)22-30(32)38)37-20-8-19-36-18-7-6-17-35/h23-32,36-38H,6-22,35H2,1-5H3,(H,39,40,41)/t24-,25-,26+,27?,28?,29?,30?,31?,32?,33+,34-/m1/s1. The third-order valence-electron chi connectivity index (χ3n) is 13.1. The van der Waals surface area contributed by atoms with E-state index >= 15 is 0 Å². The maximum Gasteiger partial charge on any atom is 0.397 e. The van der Waals surface area contributed by atoms with Crippen LogP contribution in [0.1, 0.15) is 118 Å². The smallest absolute Gasteiger partial charge is 0.393 e. The maximum atomic E-state index is 11.8. The number of fused-ring (bicyclic) bond motifs is 5. The monoisotopic (exact) mass is 627 g/mol. The summed E-state index contributed by atoms with van der Waals surface area (Å²) in [5, 5.41) is 19.2. The molecular formula is C34H65N3O5S. The van der Waals surface area contributed by atoms with Crippen molar-refractivity contribution >= 4 is 10.4 Å². The lowest BCUT2D eigenvalue weighted by Gasteiger charge is -2.62. The van der Waals surface area contributed by atoms with Crippen molar-refractivity contribution in [2.24, 2.45) is 58.0 Å². The summed E-state index contributed by atoms with van der Waals surface area (Å²) in [7, 11) is -4.45. The van der Waals surface area contributed by atoms with Crippen LogP contribution in [-0.2, 0) is 14.6 Å². The Balaban J connectivity index is 1.32. The van der Waals surface area contributed by atoms with Crippen LogP contribution in [0.4, 0.5) is 0 Å². The number of hydrogen-bond acceptors (Lipinski definition) is 7. The lowest BCUT2D eigenvalue weighted by molar-refractivity contribution is -0.167.